The summed E-state index contributed by atoms with van der Waals surface area (Å²) in [4.78, 5) is 17.1. The van der Waals surface area contributed by atoms with E-state index in [1.54, 1.807) is 23.3 Å². The van der Waals surface area contributed by atoms with Crippen LogP contribution in [-0.2, 0) is 0 Å². The molecule has 0 bridgehead atoms. The summed E-state index contributed by atoms with van der Waals surface area (Å²) in [6, 6.07) is 7.00. The predicted octanol–water partition coefficient (Wildman–Crippen LogP) is 2.08. The van der Waals surface area contributed by atoms with Gasteiger partial charge in [0.2, 0.25) is 0 Å². The lowest BCUT2D eigenvalue weighted by molar-refractivity contribution is -0.0507. The van der Waals surface area contributed by atoms with Gasteiger partial charge < -0.3 is 20.8 Å². The van der Waals surface area contributed by atoms with Crippen LogP contribution in [0.15, 0.2) is 54.6 Å². The highest BCUT2D eigenvalue weighted by Gasteiger charge is 2.31. The fraction of sp³-hybridized carbons (Fsp3) is 0.211. The Kier molecular flexibility index (Phi) is 5.98. The average Bonchev–Trinajstić information content (AvgIpc) is 3.33. The third-order valence-electron chi connectivity index (χ3n) is 4.54. The van der Waals surface area contributed by atoms with E-state index in [2.05, 4.69) is 25.6 Å². The molecule has 0 spiro atoms. The third kappa shape index (κ3) is 4.43. The lowest BCUT2D eigenvalue weighted by Crippen LogP contribution is -2.36. The second-order valence-electron chi connectivity index (χ2n) is 6.58. The normalized spacial score (nSPS) is 16.1. The van der Waals surface area contributed by atoms with Crippen LogP contribution in [0, 0.1) is 0 Å². The Balaban J connectivity index is 1.67. The molecule has 4 N–H and O–H groups in total. The number of hydrogen-bond acceptors (Lipinski definition) is 7. The standard InChI is InChI=1S/C19H18ClF2N7O2/c20-11-3-4-15(31-19(21)22)12(8-11)17-13(10-28(27-17)7-5-23)26-18(30)14-9-24-16-2-1-6-25-29(14)16/h1-4,6,8-10,17,19,27H,5,7,23H2,(H,26,30). The number of nitrogens with one attached hydrogen (secondary N) is 2. The molecule has 3 aromatic rings. The highest BCUT2D eigenvalue weighted by atomic mass is 35.5. The Bertz CT molecular complexity index is 1140. The van der Waals surface area contributed by atoms with Crippen molar-refractivity contribution in [2.75, 3.05) is 13.1 Å². The largest absolute Gasteiger partial charge is 0.434 e. The summed E-state index contributed by atoms with van der Waals surface area (Å²) in [6.07, 6.45) is 4.57. The van der Waals surface area contributed by atoms with Crippen molar-refractivity contribution < 1.29 is 18.3 Å². The van der Waals surface area contributed by atoms with Gasteiger partial charge in [-0.1, -0.05) is 11.6 Å². The number of nitrogens with zero attached hydrogens (tertiary/aromatic N) is 4. The molecule has 9 nitrogen and oxygen atoms in total. The molecule has 0 fully saturated rings. The number of aromatic nitrogens is 3. The van der Waals surface area contributed by atoms with Crippen molar-refractivity contribution >= 4 is 23.2 Å². The second kappa shape index (κ2) is 8.84. The molecule has 1 unspecified atom stereocenters. The van der Waals surface area contributed by atoms with Crippen molar-refractivity contribution in [1.82, 2.24) is 30.3 Å². The lowest BCUT2D eigenvalue weighted by Gasteiger charge is -2.22. The van der Waals surface area contributed by atoms with Crippen LogP contribution in [0.5, 0.6) is 5.75 Å². The van der Waals surface area contributed by atoms with Crippen molar-refractivity contribution in [3.05, 3.63) is 70.9 Å². The number of ether oxygens (including phenoxy) is 1. The minimum atomic E-state index is -3.02. The van der Waals surface area contributed by atoms with E-state index in [1.165, 1.54) is 35.1 Å². The molecule has 31 heavy (non-hydrogen) atoms. The topological polar surface area (TPSA) is 110 Å². The number of benzene rings is 1. The van der Waals surface area contributed by atoms with Gasteiger partial charge in [-0.05, 0) is 30.3 Å². The van der Waals surface area contributed by atoms with Gasteiger partial charge in [0, 0.05) is 36.1 Å². The highest BCUT2D eigenvalue weighted by molar-refractivity contribution is 6.30. The second-order valence-corrected chi connectivity index (χ2v) is 7.02. The zero-order chi connectivity index (χ0) is 22.0. The number of imidazole rings is 1. The number of fused-ring (bicyclic) bond motifs is 1. The average molecular weight is 450 g/mol. The first kappa shape index (κ1) is 21.0. The Labute approximate surface area is 180 Å². The minimum Gasteiger partial charge on any atom is -0.434 e. The van der Waals surface area contributed by atoms with E-state index in [-0.39, 0.29) is 11.4 Å². The van der Waals surface area contributed by atoms with Gasteiger partial charge in [0.05, 0.1) is 17.9 Å². The molecule has 1 atom stereocenters. The van der Waals surface area contributed by atoms with Crippen LogP contribution in [-0.4, -0.2) is 45.2 Å². The number of hydrogen-bond donors (Lipinski definition) is 3. The minimum absolute atomic E-state index is 0.0666. The molecule has 1 amide bonds. The van der Waals surface area contributed by atoms with Crippen molar-refractivity contribution in [2.24, 2.45) is 5.73 Å². The number of carbonyl (C=O) groups is 1. The molecule has 0 aliphatic carbocycles. The first-order valence-corrected chi connectivity index (χ1v) is 9.63. The Morgan fingerprint density at radius 2 is 2.23 bits per heavy atom. The first-order valence-electron chi connectivity index (χ1n) is 9.25. The number of amides is 1. The maximum absolute atomic E-state index is 12.9. The van der Waals surface area contributed by atoms with E-state index in [9.17, 15) is 13.6 Å². The number of rotatable bonds is 7. The molecule has 4 rings (SSSR count). The Hall–Kier alpha value is -3.28. The summed E-state index contributed by atoms with van der Waals surface area (Å²) < 4.78 is 31.9. The molecule has 1 aliphatic rings. The van der Waals surface area contributed by atoms with Crippen molar-refractivity contribution in [3.8, 4) is 5.75 Å². The molecule has 12 heteroatoms. The van der Waals surface area contributed by atoms with E-state index in [0.717, 1.165) is 0 Å². The zero-order valence-corrected chi connectivity index (χ0v) is 16.8. The van der Waals surface area contributed by atoms with Crippen LogP contribution < -0.4 is 21.2 Å². The van der Waals surface area contributed by atoms with Gasteiger partial charge in [-0.2, -0.15) is 13.9 Å². The monoisotopic (exact) mass is 449 g/mol. The van der Waals surface area contributed by atoms with Gasteiger partial charge in [0.15, 0.2) is 11.3 Å². The van der Waals surface area contributed by atoms with Crippen LogP contribution in [0.2, 0.25) is 5.02 Å². The molecule has 0 radical (unpaired) electrons. The SMILES string of the molecule is NCCN1C=C(NC(=O)c2cnc3cccnn23)C(c2cc(Cl)ccc2OC(F)F)N1. The van der Waals surface area contributed by atoms with Crippen LogP contribution >= 0.6 is 11.6 Å². The van der Waals surface area contributed by atoms with Gasteiger partial charge >= 0.3 is 6.61 Å². The molecule has 3 heterocycles. The molecule has 0 saturated carbocycles. The smallest absolute Gasteiger partial charge is 0.387 e. The molecule has 1 aliphatic heterocycles. The van der Waals surface area contributed by atoms with Gasteiger partial charge in [0.25, 0.3) is 5.91 Å². The Morgan fingerprint density at radius 3 is 3.00 bits per heavy atom. The van der Waals surface area contributed by atoms with Crippen molar-refractivity contribution in [2.45, 2.75) is 12.7 Å². The van der Waals surface area contributed by atoms with Gasteiger partial charge in [0.1, 0.15) is 5.75 Å². The molecule has 0 saturated heterocycles. The maximum Gasteiger partial charge on any atom is 0.387 e. The third-order valence-corrected chi connectivity index (χ3v) is 4.77. The van der Waals surface area contributed by atoms with Crippen molar-refractivity contribution in [3.63, 3.8) is 0 Å². The van der Waals surface area contributed by atoms with E-state index in [0.29, 0.717) is 35.0 Å². The summed E-state index contributed by atoms with van der Waals surface area (Å²) in [5, 5.41) is 8.91. The zero-order valence-electron chi connectivity index (χ0n) is 16.0. The predicted molar refractivity (Wildman–Crippen MR) is 108 cm³/mol. The van der Waals surface area contributed by atoms with E-state index >= 15 is 0 Å². The summed E-state index contributed by atoms with van der Waals surface area (Å²) in [5.41, 5.74) is 10.2. The van der Waals surface area contributed by atoms with E-state index < -0.39 is 18.6 Å². The number of alkyl halides is 2. The quantitative estimate of drug-likeness (QED) is 0.506. The van der Waals surface area contributed by atoms with Gasteiger partial charge in [-0.25, -0.2) is 14.9 Å². The molecular weight excluding hydrogens is 432 g/mol. The first-order chi connectivity index (χ1) is 15.0. The fourth-order valence-corrected chi connectivity index (χ4v) is 3.43. The maximum atomic E-state index is 12.9. The summed E-state index contributed by atoms with van der Waals surface area (Å²) in [6.45, 7) is -2.28. The van der Waals surface area contributed by atoms with Gasteiger partial charge in [-0.15, -0.1) is 0 Å². The summed E-state index contributed by atoms with van der Waals surface area (Å²) >= 11 is 6.10. The Morgan fingerprint density at radius 1 is 1.39 bits per heavy atom. The molecule has 2 aromatic heterocycles. The van der Waals surface area contributed by atoms with Crippen LogP contribution in [0.1, 0.15) is 22.1 Å². The van der Waals surface area contributed by atoms with E-state index in [4.69, 9.17) is 17.3 Å². The number of nitrogens with two attached hydrogens (primary N) is 1. The number of carbonyl (C=O) groups excluding carboxylic acids is 1. The number of halogens is 3. The van der Waals surface area contributed by atoms with Crippen LogP contribution in [0.3, 0.4) is 0 Å². The summed E-state index contributed by atoms with van der Waals surface area (Å²) in [5.74, 6) is -0.541. The lowest BCUT2D eigenvalue weighted by atomic mass is 10.0. The number of hydrazine groups is 1. The molecule has 162 valence electrons. The van der Waals surface area contributed by atoms with Crippen LogP contribution in [0.25, 0.3) is 5.65 Å². The van der Waals surface area contributed by atoms with Crippen molar-refractivity contribution in [1.29, 1.82) is 0 Å². The molecular formula is C19H18ClF2N7O2. The highest BCUT2D eigenvalue weighted by Crippen LogP contribution is 2.35. The van der Waals surface area contributed by atoms with Crippen LogP contribution in [0.4, 0.5) is 8.78 Å². The summed E-state index contributed by atoms with van der Waals surface area (Å²) in [7, 11) is 0. The van der Waals surface area contributed by atoms with E-state index in [1.807, 2.05) is 0 Å². The molecule has 1 aromatic carbocycles. The fourth-order valence-electron chi connectivity index (χ4n) is 3.25. The van der Waals surface area contributed by atoms with Gasteiger partial charge in [-0.3, -0.25) is 4.79 Å².